The summed E-state index contributed by atoms with van der Waals surface area (Å²) >= 11 is 1.84. The Hall–Kier alpha value is -2.05. The lowest BCUT2D eigenvalue weighted by Crippen LogP contribution is -2.50. The molecule has 1 atom stereocenters. The van der Waals surface area contributed by atoms with Gasteiger partial charge in [-0.05, 0) is 55.3 Å². The molecule has 0 spiro atoms. The van der Waals surface area contributed by atoms with E-state index in [9.17, 15) is 0 Å². The van der Waals surface area contributed by atoms with Crippen molar-refractivity contribution in [3.05, 3.63) is 53.4 Å². The van der Waals surface area contributed by atoms with E-state index in [0.717, 1.165) is 45.0 Å². The second-order valence-corrected chi connectivity index (χ2v) is 8.99. The molecule has 2 aliphatic heterocycles. The highest BCUT2D eigenvalue weighted by Crippen LogP contribution is 2.25. The van der Waals surface area contributed by atoms with Crippen LogP contribution in [0.4, 0.5) is 5.00 Å². The first kappa shape index (κ1) is 20.2. The molecule has 5 nitrogen and oxygen atoms in total. The van der Waals surface area contributed by atoms with Crippen molar-refractivity contribution in [3.8, 4) is 0 Å². The standard InChI is InChI=1S/C23H33N5S/c1-24-23(26-20-11-14-27(15-12-20)22-10-6-16-29-22)25-17-21-9-5-13-28(21)18-19-7-3-2-4-8-19/h2-4,6-8,10,16,20-21H,5,9,11-15,17-18H2,1H3,(H2,24,25,26). The van der Waals surface area contributed by atoms with Crippen molar-refractivity contribution in [1.82, 2.24) is 15.5 Å². The van der Waals surface area contributed by atoms with E-state index in [4.69, 9.17) is 0 Å². The van der Waals surface area contributed by atoms with Gasteiger partial charge in [-0.1, -0.05) is 30.3 Å². The van der Waals surface area contributed by atoms with E-state index >= 15 is 0 Å². The molecule has 6 heteroatoms. The molecule has 2 saturated heterocycles. The molecular weight excluding hydrogens is 378 g/mol. The number of guanidine groups is 1. The number of aliphatic imine (C=N–C) groups is 1. The van der Waals surface area contributed by atoms with Crippen LogP contribution in [-0.2, 0) is 6.54 Å². The van der Waals surface area contributed by atoms with Gasteiger partial charge in [-0.15, -0.1) is 11.3 Å². The number of hydrogen-bond donors (Lipinski definition) is 2. The summed E-state index contributed by atoms with van der Waals surface area (Å²) in [5.74, 6) is 0.950. The Labute approximate surface area is 178 Å². The molecule has 0 aliphatic carbocycles. The summed E-state index contributed by atoms with van der Waals surface area (Å²) < 4.78 is 0. The van der Waals surface area contributed by atoms with E-state index in [2.05, 4.69) is 73.3 Å². The maximum atomic E-state index is 4.49. The van der Waals surface area contributed by atoms with Crippen molar-refractivity contribution >= 4 is 22.3 Å². The van der Waals surface area contributed by atoms with Gasteiger partial charge in [-0.2, -0.15) is 0 Å². The number of nitrogens with zero attached hydrogens (tertiary/aromatic N) is 3. The lowest BCUT2D eigenvalue weighted by molar-refractivity contribution is 0.245. The molecule has 3 heterocycles. The Kier molecular flexibility index (Phi) is 7.06. The van der Waals surface area contributed by atoms with Gasteiger partial charge in [0.15, 0.2) is 5.96 Å². The van der Waals surface area contributed by atoms with Crippen molar-refractivity contribution in [2.45, 2.75) is 44.3 Å². The molecule has 1 aromatic carbocycles. The zero-order chi connectivity index (χ0) is 19.9. The van der Waals surface area contributed by atoms with Crippen molar-refractivity contribution in [2.24, 2.45) is 4.99 Å². The van der Waals surface area contributed by atoms with E-state index in [1.54, 1.807) is 0 Å². The highest BCUT2D eigenvalue weighted by atomic mass is 32.1. The van der Waals surface area contributed by atoms with Crippen LogP contribution in [0.2, 0.25) is 0 Å². The van der Waals surface area contributed by atoms with Crippen LogP contribution in [0.3, 0.4) is 0 Å². The summed E-state index contributed by atoms with van der Waals surface area (Å²) in [6.45, 7) is 5.42. The monoisotopic (exact) mass is 411 g/mol. The molecule has 4 rings (SSSR count). The molecule has 0 amide bonds. The third kappa shape index (κ3) is 5.52. The Balaban J connectivity index is 1.22. The van der Waals surface area contributed by atoms with Crippen molar-refractivity contribution in [1.29, 1.82) is 0 Å². The quantitative estimate of drug-likeness (QED) is 0.564. The maximum absolute atomic E-state index is 4.49. The Morgan fingerprint density at radius 1 is 1.07 bits per heavy atom. The van der Waals surface area contributed by atoms with Gasteiger partial charge in [-0.25, -0.2) is 0 Å². The molecule has 1 unspecified atom stereocenters. The number of likely N-dealkylation sites (tertiary alicyclic amines) is 1. The second-order valence-electron chi connectivity index (χ2n) is 8.06. The van der Waals surface area contributed by atoms with E-state index in [1.807, 2.05) is 18.4 Å². The van der Waals surface area contributed by atoms with Crippen molar-refractivity contribution in [2.75, 3.05) is 38.1 Å². The zero-order valence-corrected chi connectivity index (χ0v) is 18.2. The first-order valence-electron chi connectivity index (χ1n) is 10.9. The predicted molar refractivity (Wildman–Crippen MR) is 124 cm³/mol. The first-order chi connectivity index (χ1) is 14.3. The van der Waals surface area contributed by atoms with Gasteiger partial charge in [0.25, 0.3) is 0 Å². The highest BCUT2D eigenvalue weighted by Gasteiger charge is 2.25. The van der Waals surface area contributed by atoms with Gasteiger partial charge in [0.1, 0.15) is 0 Å². The number of hydrogen-bond acceptors (Lipinski definition) is 4. The largest absolute Gasteiger partial charge is 0.363 e. The summed E-state index contributed by atoms with van der Waals surface area (Å²) in [5.41, 5.74) is 1.40. The number of rotatable bonds is 6. The van der Waals surface area contributed by atoms with Crippen molar-refractivity contribution < 1.29 is 0 Å². The molecule has 0 saturated carbocycles. The number of thiophene rings is 1. The third-order valence-electron chi connectivity index (χ3n) is 6.11. The van der Waals surface area contributed by atoms with Gasteiger partial charge in [0.05, 0.1) is 5.00 Å². The van der Waals surface area contributed by atoms with Gasteiger partial charge in [0, 0.05) is 45.3 Å². The minimum atomic E-state index is 0.501. The zero-order valence-electron chi connectivity index (χ0n) is 17.4. The van der Waals surface area contributed by atoms with Crippen LogP contribution in [0, 0.1) is 0 Å². The Morgan fingerprint density at radius 3 is 2.62 bits per heavy atom. The smallest absolute Gasteiger partial charge is 0.191 e. The molecule has 0 radical (unpaired) electrons. The molecule has 2 aliphatic rings. The van der Waals surface area contributed by atoms with Crippen LogP contribution in [0.5, 0.6) is 0 Å². The molecule has 2 aromatic rings. The molecule has 2 N–H and O–H groups in total. The minimum Gasteiger partial charge on any atom is -0.363 e. The fraction of sp³-hybridized carbons (Fsp3) is 0.522. The number of nitrogens with one attached hydrogen (secondary N) is 2. The molecule has 1 aromatic heterocycles. The normalized spacial score (nSPS) is 21.5. The number of benzene rings is 1. The summed E-state index contributed by atoms with van der Waals surface area (Å²) in [5, 5.41) is 10.8. The summed E-state index contributed by atoms with van der Waals surface area (Å²) in [4.78, 5) is 9.59. The molecular formula is C23H33N5S. The molecule has 2 fully saturated rings. The Bertz CT molecular complexity index is 753. The predicted octanol–water partition coefficient (Wildman–Crippen LogP) is 3.55. The average Bonchev–Trinajstić information content (AvgIpc) is 3.45. The number of anilines is 1. The molecule has 29 heavy (non-hydrogen) atoms. The van der Waals surface area contributed by atoms with Crippen molar-refractivity contribution in [3.63, 3.8) is 0 Å². The highest BCUT2D eigenvalue weighted by molar-refractivity contribution is 7.14. The topological polar surface area (TPSA) is 42.9 Å². The summed E-state index contributed by atoms with van der Waals surface area (Å²) in [6, 6.07) is 16.3. The van der Waals surface area contributed by atoms with Gasteiger partial charge < -0.3 is 15.5 Å². The van der Waals surface area contributed by atoms with Gasteiger partial charge in [-0.3, -0.25) is 9.89 Å². The molecule has 0 bridgehead atoms. The minimum absolute atomic E-state index is 0.501. The van der Waals surface area contributed by atoms with E-state index in [-0.39, 0.29) is 0 Å². The van der Waals surface area contributed by atoms with Crippen LogP contribution in [-0.4, -0.2) is 56.2 Å². The third-order valence-corrected chi connectivity index (χ3v) is 7.04. The fourth-order valence-electron chi connectivity index (χ4n) is 4.45. The second kappa shape index (κ2) is 10.1. The van der Waals surface area contributed by atoms with Crippen LogP contribution in [0.25, 0.3) is 0 Å². The Morgan fingerprint density at radius 2 is 1.90 bits per heavy atom. The first-order valence-corrected chi connectivity index (χ1v) is 11.7. The lowest BCUT2D eigenvalue weighted by atomic mass is 10.1. The summed E-state index contributed by atoms with van der Waals surface area (Å²) in [6.07, 6.45) is 4.85. The van der Waals surface area contributed by atoms with E-state index in [0.29, 0.717) is 12.1 Å². The molecule has 156 valence electrons. The summed E-state index contributed by atoms with van der Waals surface area (Å²) in [7, 11) is 1.88. The average molecular weight is 412 g/mol. The van der Waals surface area contributed by atoms with Crippen LogP contribution >= 0.6 is 11.3 Å². The van der Waals surface area contributed by atoms with Crippen LogP contribution in [0.1, 0.15) is 31.2 Å². The maximum Gasteiger partial charge on any atom is 0.191 e. The van der Waals surface area contributed by atoms with Gasteiger partial charge >= 0.3 is 0 Å². The van der Waals surface area contributed by atoms with Crippen LogP contribution in [0.15, 0.2) is 52.8 Å². The lowest BCUT2D eigenvalue weighted by Gasteiger charge is -2.34. The number of piperidine rings is 1. The SMILES string of the molecule is CN=C(NCC1CCCN1Cc1ccccc1)NC1CCN(c2cccs2)CC1. The fourth-order valence-corrected chi connectivity index (χ4v) is 5.23. The van der Waals surface area contributed by atoms with E-state index in [1.165, 1.54) is 30.0 Å². The van der Waals surface area contributed by atoms with Crippen LogP contribution < -0.4 is 15.5 Å². The van der Waals surface area contributed by atoms with Gasteiger partial charge in [0.2, 0.25) is 0 Å². The van der Waals surface area contributed by atoms with E-state index < -0.39 is 0 Å².